The summed E-state index contributed by atoms with van der Waals surface area (Å²) in [6.45, 7) is 8.38. The molecule has 1 atom stereocenters. The van der Waals surface area contributed by atoms with E-state index in [0.717, 1.165) is 23.2 Å². The fourth-order valence-electron chi connectivity index (χ4n) is 5.20. The van der Waals surface area contributed by atoms with Gasteiger partial charge in [0, 0.05) is 5.69 Å². The van der Waals surface area contributed by atoms with Crippen LogP contribution in [0.25, 0.3) is 0 Å². The van der Waals surface area contributed by atoms with Crippen molar-refractivity contribution in [3.63, 3.8) is 0 Å². The summed E-state index contributed by atoms with van der Waals surface area (Å²) in [6, 6.07) is 36.2. The monoisotopic (exact) mass is 466 g/mol. The molecule has 0 aliphatic rings. The van der Waals surface area contributed by atoms with Gasteiger partial charge in [0.1, 0.15) is 23.2 Å². The van der Waals surface area contributed by atoms with Crippen molar-refractivity contribution in [2.75, 3.05) is 5.32 Å². The van der Waals surface area contributed by atoms with Crippen LogP contribution in [0.5, 0.6) is 0 Å². The van der Waals surface area contributed by atoms with Crippen LogP contribution < -0.4 is 21.2 Å². The molecule has 0 saturated carbocycles. The zero-order valence-electron chi connectivity index (χ0n) is 20.5. The van der Waals surface area contributed by atoms with Gasteiger partial charge in [-0.05, 0) is 74.7 Å². The molecule has 2 nitrogen and oxygen atoms in total. The summed E-state index contributed by atoms with van der Waals surface area (Å²) in [6.07, 6.45) is 0.738. The smallest absolute Gasteiger partial charge is 0.266 e. The van der Waals surface area contributed by atoms with Gasteiger partial charge in [-0.15, -0.1) is 0 Å². The first-order valence-corrected chi connectivity index (χ1v) is 13.8. The molecule has 0 heterocycles. The molecule has 0 aliphatic carbocycles. The number of hydrogen-bond donors (Lipinski definition) is 1. The third-order valence-corrected chi connectivity index (χ3v) is 11.4. The van der Waals surface area contributed by atoms with Gasteiger partial charge < -0.3 is 5.32 Å². The molecule has 0 radical (unpaired) electrons. The van der Waals surface area contributed by atoms with Crippen LogP contribution in [0.3, 0.4) is 0 Å². The van der Waals surface area contributed by atoms with Crippen molar-refractivity contribution in [1.82, 2.24) is 0 Å². The third-order valence-electron chi connectivity index (χ3n) is 6.57. The Kier molecular flexibility index (Phi) is 7.29. The summed E-state index contributed by atoms with van der Waals surface area (Å²) in [7, 11) is -2.31. The Balaban J connectivity index is 1.95. The standard InChI is InChI=1S/C31H32NOP/c1-5-29(31(33)32-30-24(3)21-23(2)22-25(30)4)34(26-15-9-6-10-16-26,27-17-11-7-12-18-27)28-19-13-8-14-20-28/h6-22,29H,5H2,1-4H3/p+1. The minimum Gasteiger partial charge on any atom is -0.322 e. The molecule has 1 unspecified atom stereocenters. The van der Waals surface area contributed by atoms with Gasteiger partial charge in [-0.25, -0.2) is 0 Å². The van der Waals surface area contributed by atoms with E-state index in [0.29, 0.717) is 0 Å². The van der Waals surface area contributed by atoms with Crippen molar-refractivity contribution in [3.8, 4) is 0 Å². The molecule has 3 heteroatoms. The number of benzene rings is 4. The number of rotatable bonds is 7. The Morgan fingerprint density at radius 3 is 1.44 bits per heavy atom. The zero-order valence-corrected chi connectivity index (χ0v) is 21.3. The molecule has 4 aromatic rings. The quantitative estimate of drug-likeness (QED) is 0.317. The zero-order chi connectivity index (χ0) is 24.1. The van der Waals surface area contributed by atoms with E-state index in [-0.39, 0.29) is 11.6 Å². The summed E-state index contributed by atoms with van der Waals surface area (Å²) in [5.41, 5.74) is 4.13. The number of hydrogen-bond acceptors (Lipinski definition) is 1. The summed E-state index contributed by atoms with van der Waals surface area (Å²) >= 11 is 0. The van der Waals surface area contributed by atoms with Crippen molar-refractivity contribution < 1.29 is 4.79 Å². The van der Waals surface area contributed by atoms with Crippen LogP contribution in [0.4, 0.5) is 5.69 Å². The van der Waals surface area contributed by atoms with Crippen LogP contribution in [0.15, 0.2) is 103 Å². The van der Waals surface area contributed by atoms with E-state index in [1.807, 2.05) is 18.2 Å². The summed E-state index contributed by atoms with van der Waals surface area (Å²) in [5.74, 6) is 0.0856. The Bertz CT molecular complexity index is 1130. The van der Waals surface area contributed by atoms with Crippen LogP contribution in [0.1, 0.15) is 30.0 Å². The van der Waals surface area contributed by atoms with Gasteiger partial charge in [-0.2, -0.15) is 0 Å². The van der Waals surface area contributed by atoms with Crippen LogP contribution >= 0.6 is 7.26 Å². The number of nitrogens with one attached hydrogen (secondary N) is 1. The molecule has 0 bridgehead atoms. The minimum absolute atomic E-state index is 0.0856. The van der Waals surface area contributed by atoms with Crippen LogP contribution in [-0.4, -0.2) is 11.6 Å². The second kappa shape index (κ2) is 10.4. The molecule has 1 amide bonds. The highest BCUT2D eigenvalue weighted by atomic mass is 31.2. The van der Waals surface area contributed by atoms with E-state index in [1.54, 1.807) is 0 Å². The SMILES string of the molecule is CCC(C(=O)Nc1c(C)cc(C)cc1C)[P+](c1ccccc1)(c1ccccc1)c1ccccc1. The third kappa shape index (κ3) is 4.43. The van der Waals surface area contributed by atoms with Crippen molar-refractivity contribution >= 4 is 34.8 Å². The first-order valence-electron chi connectivity index (χ1n) is 11.9. The molecule has 4 rings (SSSR count). The maximum absolute atomic E-state index is 14.2. The van der Waals surface area contributed by atoms with Crippen molar-refractivity contribution in [2.45, 2.75) is 39.8 Å². The maximum Gasteiger partial charge on any atom is 0.266 e. The van der Waals surface area contributed by atoms with Crippen molar-refractivity contribution in [3.05, 3.63) is 120 Å². The molecular weight excluding hydrogens is 433 g/mol. The Morgan fingerprint density at radius 1 is 0.706 bits per heavy atom. The highest BCUT2D eigenvalue weighted by Gasteiger charge is 2.54. The van der Waals surface area contributed by atoms with Gasteiger partial charge in [0.2, 0.25) is 0 Å². The lowest BCUT2D eigenvalue weighted by atomic mass is 10.0. The summed E-state index contributed by atoms with van der Waals surface area (Å²) < 4.78 is 0. The molecule has 34 heavy (non-hydrogen) atoms. The van der Waals surface area contributed by atoms with E-state index in [4.69, 9.17) is 0 Å². The lowest BCUT2D eigenvalue weighted by molar-refractivity contribution is -0.115. The molecule has 172 valence electrons. The number of carbonyl (C=O) groups excluding carboxylic acids is 1. The first-order chi connectivity index (χ1) is 16.5. The number of anilines is 1. The molecular formula is C31H33NOP+. The molecule has 1 N–H and O–H groups in total. The van der Waals surface area contributed by atoms with E-state index in [2.05, 4.69) is 118 Å². The summed E-state index contributed by atoms with van der Waals surface area (Å²) in [4.78, 5) is 14.2. The lowest BCUT2D eigenvalue weighted by Gasteiger charge is -2.33. The maximum atomic E-state index is 14.2. The Labute approximate surface area is 204 Å². The van der Waals surface area contributed by atoms with Gasteiger partial charge in [-0.1, -0.05) is 79.2 Å². The Morgan fingerprint density at radius 2 is 1.09 bits per heavy atom. The molecule has 0 aromatic heterocycles. The molecule has 0 saturated heterocycles. The second-order valence-corrected chi connectivity index (χ2v) is 12.5. The average Bonchev–Trinajstić information content (AvgIpc) is 2.86. The van der Waals surface area contributed by atoms with Crippen LogP contribution in [0.2, 0.25) is 0 Å². The number of aryl methyl sites for hydroxylation is 3. The first kappa shape index (κ1) is 23.9. The van der Waals surface area contributed by atoms with E-state index >= 15 is 0 Å². The fourth-order valence-corrected chi connectivity index (χ4v) is 10.1. The van der Waals surface area contributed by atoms with Crippen LogP contribution in [0, 0.1) is 20.8 Å². The average molecular weight is 467 g/mol. The van der Waals surface area contributed by atoms with E-state index < -0.39 is 7.26 Å². The van der Waals surface area contributed by atoms with Crippen molar-refractivity contribution in [1.29, 1.82) is 0 Å². The van der Waals surface area contributed by atoms with Gasteiger partial charge in [0.25, 0.3) is 5.91 Å². The number of carbonyl (C=O) groups is 1. The molecule has 4 aromatic carbocycles. The molecule has 0 aliphatic heterocycles. The van der Waals surface area contributed by atoms with Crippen LogP contribution in [-0.2, 0) is 4.79 Å². The van der Waals surface area contributed by atoms with Gasteiger partial charge in [-0.3, -0.25) is 4.79 Å². The van der Waals surface area contributed by atoms with Crippen molar-refractivity contribution in [2.24, 2.45) is 0 Å². The largest absolute Gasteiger partial charge is 0.322 e. The minimum atomic E-state index is -2.31. The predicted octanol–water partition coefficient (Wildman–Crippen LogP) is 6.32. The predicted molar refractivity (Wildman–Crippen MR) is 149 cm³/mol. The highest BCUT2D eigenvalue weighted by molar-refractivity contribution is 7.96. The Hall–Kier alpha value is -3.22. The van der Waals surface area contributed by atoms with Gasteiger partial charge in [0.15, 0.2) is 5.66 Å². The highest BCUT2D eigenvalue weighted by Crippen LogP contribution is 2.61. The van der Waals surface area contributed by atoms with E-state index in [9.17, 15) is 4.79 Å². The normalized spacial score (nSPS) is 12.2. The molecule has 0 fully saturated rings. The summed E-state index contributed by atoms with van der Waals surface area (Å²) in [5, 5.41) is 7.05. The lowest BCUT2D eigenvalue weighted by Crippen LogP contribution is -2.44. The topological polar surface area (TPSA) is 29.1 Å². The molecule has 0 spiro atoms. The fraction of sp³-hybridized carbons (Fsp3) is 0.194. The second-order valence-electron chi connectivity index (χ2n) is 8.92. The van der Waals surface area contributed by atoms with Gasteiger partial charge in [0.05, 0.1) is 0 Å². The van der Waals surface area contributed by atoms with Gasteiger partial charge >= 0.3 is 0 Å². The van der Waals surface area contributed by atoms with E-state index in [1.165, 1.54) is 21.5 Å². The number of amides is 1.